The van der Waals surface area contributed by atoms with Crippen LogP contribution in [0.5, 0.6) is 5.75 Å². The second-order valence-electron chi connectivity index (χ2n) is 8.35. The maximum atomic E-state index is 13.2. The molecule has 0 unspecified atom stereocenters. The minimum atomic E-state index is -0.306. The third kappa shape index (κ3) is 3.55. The molecule has 2 aromatic heterocycles. The molecular weight excluding hydrogens is 396 g/mol. The zero-order valence-corrected chi connectivity index (χ0v) is 17.4. The van der Waals surface area contributed by atoms with E-state index in [9.17, 15) is 4.79 Å². The van der Waals surface area contributed by atoms with E-state index in [0.717, 1.165) is 42.2 Å². The summed E-state index contributed by atoms with van der Waals surface area (Å²) in [5, 5.41) is 16.3. The Morgan fingerprint density at radius 3 is 2.84 bits per heavy atom. The second kappa shape index (κ2) is 7.25. The van der Waals surface area contributed by atoms with Crippen molar-refractivity contribution in [3.8, 4) is 11.8 Å². The van der Waals surface area contributed by atoms with Crippen LogP contribution in [0.3, 0.4) is 0 Å². The average Bonchev–Trinajstić information content (AvgIpc) is 3.32. The molecule has 1 fully saturated rings. The van der Waals surface area contributed by atoms with Crippen LogP contribution < -0.4 is 15.0 Å². The van der Waals surface area contributed by atoms with Crippen molar-refractivity contribution in [2.24, 2.45) is 0 Å². The fraction of sp³-hybridized carbons (Fsp3) is 0.364. The molecule has 1 N–H and O–H groups in total. The number of carbonyl (C=O) groups is 1. The Morgan fingerprint density at radius 2 is 2.06 bits per heavy atom. The van der Waals surface area contributed by atoms with Gasteiger partial charge in [-0.25, -0.2) is 9.50 Å². The Kier molecular flexibility index (Phi) is 4.52. The van der Waals surface area contributed by atoms with E-state index in [2.05, 4.69) is 34.1 Å². The first-order valence-corrected chi connectivity index (χ1v) is 10.2. The fourth-order valence-corrected chi connectivity index (χ4v) is 4.09. The number of hydrogen-bond acceptors (Lipinski definition) is 7. The molecule has 3 aromatic rings. The smallest absolute Gasteiger partial charge is 0.261 e. The molecule has 5 rings (SSSR count). The first-order chi connectivity index (χ1) is 14.9. The zero-order chi connectivity index (χ0) is 21.6. The minimum Gasteiger partial charge on any atom is -0.487 e. The highest BCUT2D eigenvalue weighted by atomic mass is 16.5. The van der Waals surface area contributed by atoms with E-state index in [4.69, 9.17) is 14.7 Å². The van der Waals surface area contributed by atoms with E-state index in [0.29, 0.717) is 30.0 Å². The van der Waals surface area contributed by atoms with Gasteiger partial charge in [-0.05, 0) is 19.9 Å². The number of fused-ring (bicyclic) bond motifs is 2. The van der Waals surface area contributed by atoms with Gasteiger partial charge in [0.05, 0.1) is 42.5 Å². The van der Waals surface area contributed by atoms with Gasteiger partial charge in [0.1, 0.15) is 23.0 Å². The number of nitriles is 1. The number of nitrogens with zero attached hydrogens (tertiary/aromatic N) is 5. The standard InChI is InChI=1S/C22H22N6O3/c1-22(2)9-15-7-17(18(8-19(15)31-22)27-3-5-30-6-4-27)26-21(29)16-12-25-28-13-14(10-23)11-24-20(16)28/h7-8,11-13H,3-6,9H2,1-2H3,(H,26,29). The van der Waals surface area contributed by atoms with Crippen LogP contribution >= 0.6 is 0 Å². The van der Waals surface area contributed by atoms with Crippen molar-refractivity contribution >= 4 is 22.9 Å². The molecule has 31 heavy (non-hydrogen) atoms. The lowest BCUT2D eigenvalue weighted by Gasteiger charge is -2.31. The van der Waals surface area contributed by atoms with Crippen LogP contribution in [0.15, 0.2) is 30.7 Å². The molecule has 9 heteroatoms. The topological polar surface area (TPSA) is 105 Å². The van der Waals surface area contributed by atoms with Crippen LogP contribution in [-0.4, -0.2) is 52.4 Å². The summed E-state index contributed by atoms with van der Waals surface area (Å²) in [5.41, 5.74) is 3.53. The molecule has 2 aliphatic rings. The molecule has 1 aromatic carbocycles. The number of hydrogen-bond donors (Lipinski definition) is 1. The Labute approximate surface area is 179 Å². The van der Waals surface area contributed by atoms with Crippen LogP contribution in [0.2, 0.25) is 0 Å². The lowest BCUT2D eigenvalue weighted by Crippen LogP contribution is -2.36. The normalized spacial score (nSPS) is 17.1. The van der Waals surface area contributed by atoms with Crippen molar-refractivity contribution in [3.05, 3.63) is 47.4 Å². The van der Waals surface area contributed by atoms with Gasteiger partial charge in [0.25, 0.3) is 5.91 Å². The summed E-state index contributed by atoms with van der Waals surface area (Å²) < 4.78 is 13.0. The van der Waals surface area contributed by atoms with Crippen LogP contribution in [0.1, 0.15) is 35.3 Å². The summed E-state index contributed by atoms with van der Waals surface area (Å²) in [4.78, 5) is 19.6. The predicted molar refractivity (Wildman–Crippen MR) is 114 cm³/mol. The van der Waals surface area contributed by atoms with Crippen LogP contribution in [0, 0.1) is 11.3 Å². The Bertz CT molecular complexity index is 1220. The largest absolute Gasteiger partial charge is 0.487 e. The molecular formula is C22H22N6O3. The van der Waals surface area contributed by atoms with Gasteiger partial charge in [0.15, 0.2) is 5.65 Å². The molecule has 158 valence electrons. The van der Waals surface area contributed by atoms with E-state index in [1.54, 1.807) is 6.20 Å². The Morgan fingerprint density at radius 1 is 1.26 bits per heavy atom. The van der Waals surface area contributed by atoms with Gasteiger partial charge in [-0.15, -0.1) is 0 Å². The Balaban J connectivity index is 1.51. The summed E-state index contributed by atoms with van der Waals surface area (Å²) >= 11 is 0. The molecule has 2 aliphatic heterocycles. The summed E-state index contributed by atoms with van der Waals surface area (Å²) in [7, 11) is 0. The first kappa shape index (κ1) is 19.3. The lowest BCUT2D eigenvalue weighted by molar-refractivity contribution is 0.102. The number of anilines is 2. The van der Waals surface area contributed by atoms with Gasteiger partial charge in [-0.2, -0.15) is 10.4 Å². The van der Waals surface area contributed by atoms with Crippen molar-refractivity contribution in [2.75, 3.05) is 36.5 Å². The number of aromatic nitrogens is 3. The quantitative estimate of drug-likeness (QED) is 0.696. The summed E-state index contributed by atoms with van der Waals surface area (Å²) in [6.07, 6.45) is 5.21. The summed E-state index contributed by atoms with van der Waals surface area (Å²) in [6.45, 7) is 6.85. The SMILES string of the molecule is CC1(C)Cc2cc(NC(=O)c3cnn4cc(C#N)cnc34)c(N3CCOCC3)cc2O1. The monoisotopic (exact) mass is 418 g/mol. The number of nitrogens with one attached hydrogen (secondary N) is 1. The fourth-order valence-electron chi connectivity index (χ4n) is 4.09. The number of ether oxygens (including phenoxy) is 2. The average molecular weight is 418 g/mol. The van der Waals surface area contributed by atoms with Crippen molar-refractivity contribution in [2.45, 2.75) is 25.9 Å². The van der Waals surface area contributed by atoms with Crippen molar-refractivity contribution in [1.82, 2.24) is 14.6 Å². The molecule has 1 saturated heterocycles. The van der Waals surface area contributed by atoms with Gasteiger partial charge >= 0.3 is 0 Å². The maximum Gasteiger partial charge on any atom is 0.261 e. The van der Waals surface area contributed by atoms with E-state index >= 15 is 0 Å². The zero-order valence-electron chi connectivity index (χ0n) is 17.4. The van der Waals surface area contributed by atoms with Gasteiger partial charge in [0.2, 0.25) is 0 Å². The van der Waals surface area contributed by atoms with Crippen LogP contribution in [-0.2, 0) is 11.2 Å². The van der Waals surface area contributed by atoms with Gasteiger partial charge in [-0.3, -0.25) is 4.79 Å². The van der Waals surface area contributed by atoms with Crippen molar-refractivity contribution < 1.29 is 14.3 Å². The number of rotatable bonds is 3. The van der Waals surface area contributed by atoms with Crippen molar-refractivity contribution in [3.63, 3.8) is 0 Å². The van der Waals surface area contributed by atoms with Gasteiger partial charge in [-0.1, -0.05) is 0 Å². The molecule has 4 heterocycles. The third-order valence-corrected chi connectivity index (χ3v) is 5.51. The van der Waals surface area contributed by atoms with E-state index in [1.165, 1.54) is 16.9 Å². The second-order valence-corrected chi connectivity index (χ2v) is 8.35. The van der Waals surface area contributed by atoms with E-state index in [1.807, 2.05) is 18.2 Å². The summed E-state index contributed by atoms with van der Waals surface area (Å²) in [6, 6.07) is 6.03. The highest BCUT2D eigenvalue weighted by molar-refractivity contribution is 6.09. The first-order valence-electron chi connectivity index (χ1n) is 10.2. The summed E-state index contributed by atoms with van der Waals surface area (Å²) in [5.74, 6) is 0.547. The molecule has 0 saturated carbocycles. The number of amides is 1. The van der Waals surface area contributed by atoms with Crippen LogP contribution in [0.4, 0.5) is 11.4 Å². The highest BCUT2D eigenvalue weighted by Gasteiger charge is 2.32. The number of carbonyl (C=O) groups excluding carboxylic acids is 1. The predicted octanol–water partition coefficient (Wildman–Crippen LogP) is 2.40. The van der Waals surface area contributed by atoms with Crippen molar-refractivity contribution in [1.29, 1.82) is 5.26 Å². The number of benzene rings is 1. The molecule has 0 bridgehead atoms. The van der Waals surface area contributed by atoms with E-state index in [-0.39, 0.29) is 11.5 Å². The molecule has 0 spiro atoms. The Hall–Kier alpha value is -3.64. The molecule has 0 radical (unpaired) electrons. The maximum absolute atomic E-state index is 13.2. The molecule has 1 amide bonds. The highest BCUT2D eigenvalue weighted by Crippen LogP contribution is 2.42. The molecule has 9 nitrogen and oxygen atoms in total. The van der Waals surface area contributed by atoms with Gasteiger partial charge in [0, 0.05) is 37.3 Å². The minimum absolute atomic E-state index is 0.280. The number of morpholine rings is 1. The van der Waals surface area contributed by atoms with Gasteiger partial charge < -0.3 is 19.7 Å². The van der Waals surface area contributed by atoms with E-state index < -0.39 is 0 Å². The molecule has 0 atom stereocenters. The van der Waals surface area contributed by atoms with Crippen LogP contribution in [0.25, 0.3) is 5.65 Å². The third-order valence-electron chi connectivity index (χ3n) is 5.51. The lowest BCUT2D eigenvalue weighted by atomic mass is 10.0. The molecule has 0 aliphatic carbocycles.